The molecule has 2 fully saturated rings. The number of hydrogen-bond acceptors (Lipinski definition) is 6. The van der Waals surface area contributed by atoms with E-state index < -0.39 is 0 Å². The van der Waals surface area contributed by atoms with E-state index >= 15 is 0 Å². The molecule has 1 saturated carbocycles. The van der Waals surface area contributed by atoms with Crippen LogP contribution in [0.5, 0.6) is 11.5 Å². The molecule has 0 unspecified atom stereocenters. The number of allylic oxidation sites excluding steroid dienone is 2. The number of hydrogen-bond donors (Lipinski definition) is 3. The lowest BCUT2D eigenvalue weighted by atomic mass is 10.0. The van der Waals surface area contributed by atoms with E-state index in [4.69, 9.17) is 15.6 Å². The third kappa shape index (κ3) is 7.99. The van der Waals surface area contributed by atoms with Gasteiger partial charge in [-0.3, -0.25) is 9.59 Å². The van der Waals surface area contributed by atoms with Crippen molar-refractivity contribution < 1.29 is 9.53 Å². The molecule has 3 N–H and O–H groups in total. The summed E-state index contributed by atoms with van der Waals surface area (Å²) in [4.78, 5) is 28.4. The highest BCUT2D eigenvalue weighted by molar-refractivity contribution is 6.10. The van der Waals surface area contributed by atoms with Crippen LogP contribution in [0, 0.1) is 16.7 Å². The van der Waals surface area contributed by atoms with Gasteiger partial charge in [0.15, 0.2) is 0 Å². The second-order valence-corrected chi connectivity index (χ2v) is 12.2. The molecule has 0 bridgehead atoms. The number of pyridine rings is 1. The number of nitrogens with zero attached hydrogens (tertiary/aromatic N) is 2. The van der Waals surface area contributed by atoms with E-state index in [0.29, 0.717) is 46.6 Å². The molecule has 5 rings (SSSR count). The molecule has 44 heavy (non-hydrogen) atoms. The van der Waals surface area contributed by atoms with Gasteiger partial charge in [-0.2, -0.15) is 0 Å². The molecule has 1 saturated heterocycles. The Morgan fingerprint density at radius 2 is 1.66 bits per heavy atom. The highest BCUT2D eigenvalue weighted by Gasteiger charge is 2.28. The first-order valence-electron chi connectivity index (χ1n) is 15.7. The van der Waals surface area contributed by atoms with Gasteiger partial charge in [0.25, 0.3) is 11.5 Å². The molecule has 1 aromatic heterocycles. The monoisotopic (exact) mass is 593 g/mol. The normalized spacial score (nSPS) is 16.4. The number of ether oxygens (including phenoxy) is 1. The lowest BCUT2D eigenvalue weighted by Gasteiger charge is -2.36. The predicted octanol–water partition coefficient (Wildman–Crippen LogP) is 6.43. The Balaban J connectivity index is 1.30. The van der Waals surface area contributed by atoms with Gasteiger partial charge in [0.2, 0.25) is 0 Å². The molecule has 1 aliphatic heterocycles. The van der Waals surface area contributed by atoms with Crippen LogP contribution in [0.2, 0.25) is 0 Å². The first-order valence-corrected chi connectivity index (χ1v) is 15.7. The molecule has 230 valence electrons. The van der Waals surface area contributed by atoms with Crippen LogP contribution < -0.4 is 15.6 Å². The molecular formula is C36H43N5O3. The summed E-state index contributed by atoms with van der Waals surface area (Å²) >= 11 is 0. The van der Waals surface area contributed by atoms with E-state index in [1.807, 2.05) is 26.0 Å². The molecule has 1 aliphatic carbocycles. The quantitative estimate of drug-likeness (QED) is 0.223. The largest absolute Gasteiger partial charge is 0.457 e. The predicted molar refractivity (Wildman–Crippen MR) is 176 cm³/mol. The van der Waals surface area contributed by atoms with Gasteiger partial charge in [-0.05, 0) is 91.8 Å². The smallest absolute Gasteiger partial charge is 0.251 e. The average Bonchev–Trinajstić information content (AvgIpc) is 3.57. The number of aromatic nitrogens is 1. The van der Waals surface area contributed by atoms with Crippen molar-refractivity contribution in [3.05, 3.63) is 106 Å². The number of benzene rings is 2. The van der Waals surface area contributed by atoms with Gasteiger partial charge in [-0.25, -0.2) is 0 Å². The zero-order valence-corrected chi connectivity index (χ0v) is 25.7. The van der Waals surface area contributed by atoms with E-state index in [2.05, 4.69) is 10.2 Å². The van der Waals surface area contributed by atoms with Crippen molar-refractivity contribution >= 4 is 17.3 Å². The lowest BCUT2D eigenvalue weighted by Crippen LogP contribution is -2.47. The van der Waals surface area contributed by atoms with E-state index in [-0.39, 0.29) is 23.4 Å². The van der Waals surface area contributed by atoms with Crippen LogP contribution in [-0.4, -0.2) is 52.0 Å². The Bertz CT molecular complexity index is 1560. The third-order valence-electron chi connectivity index (χ3n) is 8.72. The maximum atomic E-state index is 13.4. The van der Waals surface area contributed by atoms with Crippen LogP contribution in [0.25, 0.3) is 0 Å². The maximum Gasteiger partial charge on any atom is 0.251 e. The second kappa shape index (κ2) is 14.4. The van der Waals surface area contributed by atoms with Gasteiger partial charge in [-0.1, -0.05) is 38.8 Å². The summed E-state index contributed by atoms with van der Waals surface area (Å²) in [6.45, 7) is 6.25. The maximum absolute atomic E-state index is 13.4. The van der Waals surface area contributed by atoms with Crippen LogP contribution in [-0.2, 0) is 6.54 Å². The number of likely N-dealkylation sites (tertiary alicyclic amines) is 1. The Morgan fingerprint density at radius 3 is 2.34 bits per heavy atom. The summed E-state index contributed by atoms with van der Waals surface area (Å²) in [5.41, 5.74) is 2.64. The molecule has 8 nitrogen and oxygen atoms in total. The SMILES string of the molecule is CC(C)C(=N)/C=C\C(=N)c1ccc(Oc2cc(C(=O)NC3CCN(C4CCCC4)CC3)ccc2Cn2ccccc2=O)cc1. The fourth-order valence-electron chi connectivity index (χ4n) is 5.93. The molecular weight excluding hydrogens is 550 g/mol. The van der Waals surface area contributed by atoms with Crippen LogP contribution in [0.3, 0.4) is 0 Å². The Morgan fingerprint density at radius 1 is 0.955 bits per heavy atom. The second-order valence-electron chi connectivity index (χ2n) is 12.2. The van der Waals surface area contributed by atoms with E-state index in [1.54, 1.807) is 65.4 Å². The Hall–Kier alpha value is -4.30. The van der Waals surface area contributed by atoms with Crippen molar-refractivity contribution in [3.63, 3.8) is 0 Å². The fraction of sp³-hybridized carbons (Fsp3) is 0.389. The van der Waals surface area contributed by atoms with E-state index in [1.165, 1.54) is 31.7 Å². The number of piperidine rings is 1. The molecule has 3 aromatic rings. The van der Waals surface area contributed by atoms with Crippen LogP contribution in [0.15, 0.2) is 83.8 Å². The van der Waals surface area contributed by atoms with Gasteiger partial charge in [0.05, 0.1) is 12.3 Å². The van der Waals surface area contributed by atoms with Gasteiger partial charge >= 0.3 is 0 Å². The number of carbonyl (C=O) groups is 1. The van der Waals surface area contributed by atoms with Crippen LogP contribution in [0.4, 0.5) is 0 Å². The lowest BCUT2D eigenvalue weighted by molar-refractivity contribution is 0.0892. The van der Waals surface area contributed by atoms with Crippen molar-refractivity contribution in [3.8, 4) is 11.5 Å². The van der Waals surface area contributed by atoms with Crippen molar-refractivity contribution in [2.75, 3.05) is 13.1 Å². The molecule has 0 atom stereocenters. The molecule has 0 spiro atoms. The number of rotatable bonds is 11. The third-order valence-corrected chi connectivity index (χ3v) is 8.72. The summed E-state index contributed by atoms with van der Waals surface area (Å²) in [6, 6.07) is 18.5. The van der Waals surface area contributed by atoms with Gasteiger partial charge in [0.1, 0.15) is 11.5 Å². The number of amides is 1. The van der Waals surface area contributed by atoms with Crippen molar-refractivity contribution in [1.82, 2.24) is 14.8 Å². The summed E-state index contributed by atoms with van der Waals surface area (Å²) in [6.07, 6.45) is 12.2. The minimum Gasteiger partial charge on any atom is -0.457 e. The van der Waals surface area contributed by atoms with E-state index in [9.17, 15) is 9.59 Å². The highest BCUT2D eigenvalue weighted by atomic mass is 16.5. The summed E-state index contributed by atoms with van der Waals surface area (Å²) in [5, 5.41) is 19.6. The Kier molecular flexibility index (Phi) is 10.2. The molecule has 0 radical (unpaired) electrons. The minimum absolute atomic E-state index is 0.100. The van der Waals surface area contributed by atoms with E-state index in [0.717, 1.165) is 31.5 Å². The average molecular weight is 594 g/mol. The first-order chi connectivity index (χ1) is 21.3. The van der Waals surface area contributed by atoms with Crippen molar-refractivity contribution in [2.45, 2.75) is 71.0 Å². The summed E-state index contributed by atoms with van der Waals surface area (Å²) in [5.74, 6) is 1.03. The highest BCUT2D eigenvalue weighted by Crippen LogP contribution is 2.29. The summed E-state index contributed by atoms with van der Waals surface area (Å²) < 4.78 is 7.92. The van der Waals surface area contributed by atoms with Crippen molar-refractivity contribution in [1.29, 1.82) is 10.8 Å². The molecule has 2 heterocycles. The van der Waals surface area contributed by atoms with Crippen LogP contribution >= 0.6 is 0 Å². The molecule has 2 aromatic carbocycles. The zero-order chi connectivity index (χ0) is 31.1. The number of carbonyl (C=O) groups excluding carboxylic acids is 1. The molecule has 1 amide bonds. The minimum atomic E-state index is -0.125. The topological polar surface area (TPSA) is 111 Å². The standard InChI is InChI=1S/C36H43N5O3/c1-25(2)32(37)16-17-33(38)26-12-14-31(15-13-26)44-34-23-27(10-11-28(34)24-41-20-6-5-9-35(41)42)36(43)39-29-18-21-40(22-19-29)30-7-3-4-8-30/h5-6,9-17,20,23,25,29-30,37-38H,3-4,7-8,18-19,21-22,24H2,1-2H3,(H,39,43)/b17-16-,37-32?,38-33?. The fourth-order valence-corrected chi connectivity index (χ4v) is 5.93. The van der Waals surface area contributed by atoms with Crippen molar-refractivity contribution in [2.24, 2.45) is 5.92 Å². The Labute approximate surface area is 259 Å². The van der Waals surface area contributed by atoms with Gasteiger partial charge in [0, 0.05) is 54.3 Å². The first kappa shape index (κ1) is 31.1. The van der Waals surface area contributed by atoms with Gasteiger partial charge < -0.3 is 30.3 Å². The molecule has 8 heteroatoms. The molecule has 2 aliphatic rings. The van der Waals surface area contributed by atoms with Gasteiger partial charge in [-0.15, -0.1) is 0 Å². The zero-order valence-electron chi connectivity index (χ0n) is 25.7. The van der Waals surface area contributed by atoms with Crippen LogP contribution in [0.1, 0.15) is 73.9 Å². The number of nitrogens with one attached hydrogen (secondary N) is 3. The summed E-state index contributed by atoms with van der Waals surface area (Å²) in [7, 11) is 0.